The van der Waals surface area contributed by atoms with Crippen molar-refractivity contribution >= 4 is 22.4 Å². The highest BCUT2D eigenvalue weighted by Gasteiger charge is 2.40. The highest BCUT2D eigenvalue weighted by atomic mass is 32.1. The summed E-state index contributed by atoms with van der Waals surface area (Å²) in [6.45, 7) is 3.14. The lowest BCUT2D eigenvalue weighted by atomic mass is 10.0. The molecular weight excluding hydrogens is 208 g/mol. The molecule has 1 saturated carbocycles. The second-order valence-electron chi connectivity index (χ2n) is 4.09. The molecule has 1 aromatic rings. The van der Waals surface area contributed by atoms with Crippen molar-refractivity contribution in [2.75, 3.05) is 17.6 Å². The summed E-state index contributed by atoms with van der Waals surface area (Å²) in [7, 11) is 0. The largest absolute Gasteiger partial charge is 0.382 e. The molecule has 0 saturated heterocycles. The van der Waals surface area contributed by atoms with Crippen molar-refractivity contribution in [2.24, 2.45) is 5.41 Å². The zero-order chi connectivity index (χ0) is 10.9. The number of nitrogen functional groups attached to an aromatic ring is 1. The summed E-state index contributed by atoms with van der Waals surface area (Å²) < 4.78 is 3.97. The Labute approximate surface area is 93.3 Å². The Morgan fingerprint density at radius 1 is 1.67 bits per heavy atom. The molecule has 2 rings (SSSR count). The molecule has 0 spiro atoms. The first-order chi connectivity index (χ1) is 7.21. The van der Waals surface area contributed by atoms with Crippen LogP contribution in [0.25, 0.3) is 0 Å². The summed E-state index contributed by atoms with van der Waals surface area (Å²) in [5.41, 5.74) is 6.53. The standard InChI is InChI=1S/C10H14N4S/c1-2-10(3-4-10)6-13-9-7(5-11)8(12)14-15-9/h13H,2-4,6H2,1H3,(H2,12,14). The fourth-order valence-electron chi connectivity index (χ4n) is 1.63. The first-order valence-corrected chi connectivity index (χ1v) is 5.87. The summed E-state index contributed by atoms with van der Waals surface area (Å²) in [5, 5.41) is 13.0. The molecule has 0 unspecified atom stereocenters. The Balaban J connectivity index is 2.03. The molecule has 1 aliphatic rings. The van der Waals surface area contributed by atoms with Gasteiger partial charge in [0, 0.05) is 6.54 Å². The Hall–Kier alpha value is -1.28. The molecule has 80 valence electrons. The molecule has 15 heavy (non-hydrogen) atoms. The van der Waals surface area contributed by atoms with Crippen molar-refractivity contribution in [2.45, 2.75) is 26.2 Å². The molecular formula is C10H14N4S. The number of hydrogen-bond acceptors (Lipinski definition) is 5. The van der Waals surface area contributed by atoms with Crippen LogP contribution in [-0.4, -0.2) is 10.9 Å². The van der Waals surface area contributed by atoms with Crippen LogP contribution in [0.15, 0.2) is 0 Å². The number of nitrogens with one attached hydrogen (secondary N) is 1. The van der Waals surface area contributed by atoms with Crippen LogP contribution in [-0.2, 0) is 0 Å². The summed E-state index contributed by atoms with van der Waals surface area (Å²) in [4.78, 5) is 0. The van der Waals surface area contributed by atoms with Crippen molar-refractivity contribution in [1.82, 2.24) is 4.37 Å². The lowest BCUT2D eigenvalue weighted by Crippen LogP contribution is -2.14. The Morgan fingerprint density at radius 2 is 2.40 bits per heavy atom. The molecule has 3 N–H and O–H groups in total. The Bertz CT molecular complexity index is 400. The van der Waals surface area contributed by atoms with E-state index in [-0.39, 0.29) is 0 Å². The van der Waals surface area contributed by atoms with Gasteiger partial charge in [0.1, 0.15) is 16.6 Å². The van der Waals surface area contributed by atoms with Crippen molar-refractivity contribution in [3.8, 4) is 6.07 Å². The van der Waals surface area contributed by atoms with Crippen molar-refractivity contribution in [3.05, 3.63) is 5.56 Å². The molecule has 0 bridgehead atoms. The smallest absolute Gasteiger partial charge is 0.157 e. The highest BCUT2D eigenvalue weighted by Crippen LogP contribution is 2.48. The minimum atomic E-state index is 0.339. The van der Waals surface area contributed by atoms with Gasteiger partial charge in [0.05, 0.1) is 0 Å². The first kappa shape index (κ1) is 10.2. The van der Waals surface area contributed by atoms with E-state index >= 15 is 0 Å². The SMILES string of the molecule is CCC1(CNc2snc(N)c2C#N)CC1. The molecule has 4 nitrogen and oxygen atoms in total. The molecule has 1 heterocycles. The third kappa shape index (κ3) is 1.90. The minimum Gasteiger partial charge on any atom is -0.382 e. The summed E-state index contributed by atoms with van der Waals surface area (Å²) in [6.07, 6.45) is 3.76. The number of nitrogens with two attached hydrogens (primary N) is 1. The number of aromatic nitrogens is 1. The van der Waals surface area contributed by atoms with E-state index in [9.17, 15) is 0 Å². The van der Waals surface area contributed by atoms with E-state index in [0.29, 0.717) is 16.8 Å². The van der Waals surface area contributed by atoms with Gasteiger partial charge in [-0.3, -0.25) is 0 Å². The van der Waals surface area contributed by atoms with Crippen LogP contribution in [0, 0.1) is 16.7 Å². The van der Waals surface area contributed by atoms with Gasteiger partial charge in [-0.25, -0.2) is 0 Å². The number of hydrogen-bond donors (Lipinski definition) is 2. The predicted molar refractivity (Wildman–Crippen MR) is 61.7 cm³/mol. The van der Waals surface area contributed by atoms with E-state index < -0.39 is 0 Å². The quantitative estimate of drug-likeness (QED) is 0.819. The van der Waals surface area contributed by atoms with Crippen LogP contribution in [0.5, 0.6) is 0 Å². The van der Waals surface area contributed by atoms with E-state index in [1.54, 1.807) is 0 Å². The molecule has 0 aliphatic heterocycles. The fraction of sp³-hybridized carbons (Fsp3) is 0.600. The molecule has 5 heteroatoms. The first-order valence-electron chi connectivity index (χ1n) is 5.10. The molecule has 1 fully saturated rings. The number of nitriles is 1. The summed E-state index contributed by atoms with van der Waals surface area (Å²) in [6, 6.07) is 2.08. The molecule has 0 radical (unpaired) electrons. The van der Waals surface area contributed by atoms with Gasteiger partial charge in [-0.1, -0.05) is 6.92 Å². The van der Waals surface area contributed by atoms with Crippen molar-refractivity contribution in [3.63, 3.8) is 0 Å². The van der Waals surface area contributed by atoms with Crippen LogP contribution in [0.1, 0.15) is 31.7 Å². The van der Waals surface area contributed by atoms with Gasteiger partial charge in [-0.15, -0.1) is 0 Å². The summed E-state index contributed by atoms with van der Waals surface area (Å²) in [5.74, 6) is 0.339. The van der Waals surface area contributed by atoms with Crippen LogP contribution in [0.4, 0.5) is 10.8 Å². The number of nitrogens with zero attached hydrogens (tertiary/aromatic N) is 2. The Morgan fingerprint density at radius 3 is 2.93 bits per heavy atom. The van der Waals surface area contributed by atoms with Crippen LogP contribution >= 0.6 is 11.5 Å². The van der Waals surface area contributed by atoms with Gasteiger partial charge in [-0.05, 0) is 36.2 Å². The van der Waals surface area contributed by atoms with Crippen molar-refractivity contribution in [1.29, 1.82) is 5.26 Å². The van der Waals surface area contributed by atoms with Crippen LogP contribution in [0.3, 0.4) is 0 Å². The van der Waals surface area contributed by atoms with Gasteiger partial charge in [0.15, 0.2) is 5.82 Å². The molecule has 0 amide bonds. The van der Waals surface area contributed by atoms with Gasteiger partial charge < -0.3 is 11.1 Å². The second kappa shape index (κ2) is 3.70. The van der Waals surface area contributed by atoms with Gasteiger partial charge in [-0.2, -0.15) is 9.64 Å². The predicted octanol–water partition coefficient (Wildman–Crippen LogP) is 2.20. The topological polar surface area (TPSA) is 74.7 Å². The van der Waals surface area contributed by atoms with Gasteiger partial charge in [0.25, 0.3) is 0 Å². The number of anilines is 2. The third-order valence-corrected chi connectivity index (χ3v) is 3.98. The maximum Gasteiger partial charge on any atom is 0.157 e. The van der Waals surface area contributed by atoms with E-state index in [1.807, 2.05) is 0 Å². The van der Waals surface area contributed by atoms with Gasteiger partial charge in [0.2, 0.25) is 0 Å². The van der Waals surface area contributed by atoms with Crippen molar-refractivity contribution < 1.29 is 0 Å². The van der Waals surface area contributed by atoms with Crippen LogP contribution < -0.4 is 11.1 Å². The molecule has 1 aliphatic carbocycles. The van der Waals surface area contributed by atoms with Gasteiger partial charge >= 0.3 is 0 Å². The maximum atomic E-state index is 8.89. The molecule has 0 aromatic carbocycles. The van der Waals surface area contributed by atoms with E-state index in [1.165, 1.54) is 30.8 Å². The lowest BCUT2D eigenvalue weighted by molar-refractivity contribution is 0.522. The Kier molecular flexibility index (Phi) is 2.53. The van der Waals surface area contributed by atoms with E-state index in [4.69, 9.17) is 11.0 Å². The second-order valence-corrected chi connectivity index (χ2v) is 4.86. The average molecular weight is 222 g/mol. The van der Waals surface area contributed by atoms with E-state index in [2.05, 4.69) is 22.7 Å². The molecule has 1 aromatic heterocycles. The molecule has 0 atom stereocenters. The summed E-state index contributed by atoms with van der Waals surface area (Å²) >= 11 is 1.27. The third-order valence-electron chi connectivity index (χ3n) is 3.16. The van der Waals surface area contributed by atoms with E-state index in [0.717, 1.165) is 11.5 Å². The van der Waals surface area contributed by atoms with Crippen LogP contribution in [0.2, 0.25) is 0 Å². The number of rotatable bonds is 4. The highest BCUT2D eigenvalue weighted by molar-refractivity contribution is 7.10. The average Bonchev–Trinajstić information content (AvgIpc) is 2.95. The fourth-order valence-corrected chi connectivity index (χ4v) is 2.29. The minimum absolute atomic E-state index is 0.339. The maximum absolute atomic E-state index is 8.89. The monoisotopic (exact) mass is 222 g/mol. The zero-order valence-corrected chi connectivity index (χ0v) is 9.52. The normalized spacial score (nSPS) is 17.1. The lowest BCUT2D eigenvalue weighted by Gasteiger charge is -2.12. The zero-order valence-electron chi connectivity index (χ0n) is 8.71.